The summed E-state index contributed by atoms with van der Waals surface area (Å²) in [4.78, 5) is 23.0. The van der Waals surface area contributed by atoms with Crippen molar-refractivity contribution in [2.45, 2.75) is 6.18 Å². The Labute approximate surface area is 145 Å². The van der Waals surface area contributed by atoms with Gasteiger partial charge < -0.3 is 15.8 Å². The molecule has 2 rings (SSSR count). The summed E-state index contributed by atoms with van der Waals surface area (Å²) >= 11 is 5.78. The lowest BCUT2D eigenvalue weighted by Crippen LogP contribution is -2.21. The Kier molecular flexibility index (Phi) is 5.53. The van der Waals surface area contributed by atoms with E-state index in [0.717, 1.165) is 12.1 Å². The number of benzene rings is 2. The summed E-state index contributed by atoms with van der Waals surface area (Å²) in [6, 6.07) is 8.57. The SMILES string of the molecule is NC(=O)c1cc(NC(=O)COc2ccccc2C(F)(F)F)ccc1Cl. The normalized spacial score (nSPS) is 11.0. The monoisotopic (exact) mass is 372 g/mol. The Morgan fingerprint density at radius 1 is 1.16 bits per heavy atom. The van der Waals surface area contributed by atoms with Crippen molar-refractivity contribution < 1.29 is 27.5 Å². The molecule has 2 aromatic carbocycles. The van der Waals surface area contributed by atoms with Crippen molar-refractivity contribution in [2.75, 3.05) is 11.9 Å². The highest BCUT2D eigenvalue weighted by Gasteiger charge is 2.34. The van der Waals surface area contributed by atoms with Crippen LogP contribution in [0, 0.1) is 0 Å². The van der Waals surface area contributed by atoms with Crippen LogP contribution in [0.15, 0.2) is 42.5 Å². The third-order valence-electron chi connectivity index (χ3n) is 3.07. The molecule has 132 valence electrons. The van der Waals surface area contributed by atoms with Gasteiger partial charge in [0.15, 0.2) is 6.61 Å². The van der Waals surface area contributed by atoms with Gasteiger partial charge in [-0.15, -0.1) is 0 Å². The molecule has 3 N–H and O–H groups in total. The predicted octanol–water partition coefficient (Wildman–Crippen LogP) is 3.48. The van der Waals surface area contributed by atoms with Crippen LogP contribution in [0.5, 0.6) is 5.75 Å². The maximum atomic E-state index is 12.8. The Hall–Kier alpha value is -2.74. The number of halogens is 4. The molecule has 0 aliphatic rings. The third-order valence-corrected chi connectivity index (χ3v) is 3.40. The van der Waals surface area contributed by atoms with E-state index in [1.807, 2.05) is 0 Å². The number of anilines is 1. The minimum absolute atomic E-state index is 0.00259. The van der Waals surface area contributed by atoms with Crippen molar-refractivity contribution in [3.63, 3.8) is 0 Å². The highest BCUT2D eigenvalue weighted by Crippen LogP contribution is 2.35. The summed E-state index contributed by atoms with van der Waals surface area (Å²) in [5.74, 6) is -1.95. The number of rotatable bonds is 5. The molecule has 0 spiro atoms. The topological polar surface area (TPSA) is 81.4 Å². The van der Waals surface area contributed by atoms with Crippen molar-refractivity contribution in [3.05, 3.63) is 58.6 Å². The Bertz CT molecular complexity index is 809. The Balaban J connectivity index is 2.05. The molecule has 9 heteroatoms. The maximum absolute atomic E-state index is 12.8. The molecule has 0 aliphatic carbocycles. The summed E-state index contributed by atoms with van der Waals surface area (Å²) in [5.41, 5.74) is 4.36. The highest BCUT2D eigenvalue weighted by atomic mass is 35.5. The molecule has 2 aromatic rings. The van der Waals surface area contributed by atoms with Crippen molar-refractivity contribution in [2.24, 2.45) is 5.73 Å². The van der Waals surface area contributed by atoms with Crippen LogP contribution in [-0.2, 0) is 11.0 Å². The van der Waals surface area contributed by atoms with Gasteiger partial charge in [-0.05, 0) is 30.3 Å². The van der Waals surface area contributed by atoms with Gasteiger partial charge in [0.1, 0.15) is 5.75 Å². The summed E-state index contributed by atoms with van der Waals surface area (Å²) in [6.45, 7) is -0.651. The van der Waals surface area contributed by atoms with Gasteiger partial charge in [0.05, 0.1) is 16.1 Å². The first-order chi connectivity index (χ1) is 11.7. The van der Waals surface area contributed by atoms with E-state index in [4.69, 9.17) is 22.1 Å². The summed E-state index contributed by atoms with van der Waals surface area (Å²) in [7, 11) is 0. The number of ether oxygens (including phenoxy) is 1. The summed E-state index contributed by atoms with van der Waals surface area (Å²) in [5, 5.41) is 2.49. The van der Waals surface area contributed by atoms with Crippen molar-refractivity contribution in [1.29, 1.82) is 0 Å². The molecule has 0 fully saturated rings. The number of alkyl halides is 3. The smallest absolute Gasteiger partial charge is 0.419 e. The number of hydrogen-bond donors (Lipinski definition) is 2. The molecule has 0 bridgehead atoms. The molecule has 0 heterocycles. The van der Waals surface area contributed by atoms with Crippen molar-refractivity contribution in [1.82, 2.24) is 0 Å². The largest absolute Gasteiger partial charge is 0.483 e. The minimum atomic E-state index is -4.60. The van der Waals surface area contributed by atoms with E-state index in [9.17, 15) is 22.8 Å². The first kappa shape index (κ1) is 18.6. The number of hydrogen-bond acceptors (Lipinski definition) is 3. The zero-order valence-corrected chi connectivity index (χ0v) is 13.3. The lowest BCUT2D eigenvalue weighted by atomic mass is 10.2. The molecule has 0 aromatic heterocycles. The van der Waals surface area contributed by atoms with E-state index in [1.165, 1.54) is 30.3 Å². The van der Waals surface area contributed by atoms with Gasteiger partial charge in [-0.3, -0.25) is 9.59 Å². The van der Waals surface area contributed by atoms with Gasteiger partial charge in [-0.2, -0.15) is 13.2 Å². The number of carbonyl (C=O) groups excluding carboxylic acids is 2. The quantitative estimate of drug-likeness (QED) is 0.843. The average Bonchev–Trinajstić information content (AvgIpc) is 2.54. The van der Waals surface area contributed by atoms with Gasteiger partial charge in [-0.25, -0.2) is 0 Å². The maximum Gasteiger partial charge on any atom is 0.419 e. The lowest BCUT2D eigenvalue weighted by molar-refractivity contribution is -0.139. The van der Waals surface area contributed by atoms with Crippen LogP contribution in [0.25, 0.3) is 0 Å². The number of nitrogens with two attached hydrogens (primary N) is 1. The van der Waals surface area contributed by atoms with Gasteiger partial charge in [0.2, 0.25) is 5.91 Å². The highest BCUT2D eigenvalue weighted by molar-refractivity contribution is 6.34. The number of para-hydroxylation sites is 1. The second kappa shape index (κ2) is 7.43. The van der Waals surface area contributed by atoms with E-state index in [2.05, 4.69) is 5.32 Å². The molecule has 0 saturated carbocycles. The van der Waals surface area contributed by atoms with Gasteiger partial charge in [0.25, 0.3) is 5.91 Å². The van der Waals surface area contributed by atoms with E-state index in [-0.39, 0.29) is 16.3 Å². The summed E-state index contributed by atoms with van der Waals surface area (Å²) in [6.07, 6.45) is -4.60. The van der Waals surface area contributed by atoms with E-state index >= 15 is 0 Å². The molecule has 2 amide bonds. The fraction of sp³-hybridized carbons (Fsp3) is 0.125. The second-order valence-corrected chi connectivity index (χ2v) is 5.30. The van der Waals surface area contributed by atoms with E-state index in [1.54, 1.807) is 0 Å². The van der Waals surface area contributed by atoms with Crippen molar-refractivity contribution >= 4 is 29.1 Å². The van der Waals surface area contributed by atoms with Crippen molar-refractivity contribution in [3.8, 4) is 5.75 Å². The zero-order chi connectivity index (χ0) is 18.6. The molecule has 0 radical (unpaired) electrons. The fourth-order valence-electron chi connectivity index (χ4n) is 1.96. The average molecular weight is 373 g/mol. The number of carbonyl (C=O) groups is 2. The zero-order valence-electron chi connectivity index (χ0n) is 12.6. The van der Waals surface area contributed by atoms with Crippen LogP contribution in [0.3, 0.4) is 0 Å². The molecule has 0 unspecified atom stereocenters. The standard InChI is InChI=1S/C16H12ClF3N2O3/c17-12-6-5-9(7-10(12)15(21)24)22-14(23)8-25-13-4-2-1-3-11(13)16(18,19)20/h1-7H,8H2,(H2,21,24)(H,22,23). The molecular formula is C16H12ClF3N2O3. The number of nitrogens with one attached hydrogen (secondary N) is 1. The van der Waals surface area contributed by atoms with Crippen LogP contribution >= 0.6 is 11.6 Å². The predicted molar refractivity (Wildman–Crippen MR) is 85.5 cm³/mol. The van der Waals surface area contributed by atoms with E-state index in [0.29, 0.717) is 0 Å². The number of primary amides is 1. The first-order valence-corrected chi connectivity index (χ1v) is 7.24. The molecule has 25 heavy (non-hydrogen) atoms. The minimum Gasteiger partial charge on any atom is -0.483 e. The fourth-order valence-corrected chi connectivity index (χ4v) is 2.17. The van der Waals surface area contributed by atoms with E-state index < -0.39 is 35.9 Å². The third kappa shape index (κ3) is 4.87. The molecule has 0 atom stereocenters. The van der Waals surface area contributed by atoms with Gasteiger partial charge >= 0.3 is 6.18 Å². The molecule has 0 saturated heterocycles. The van der Waals surface area contributed by atoms with Gasteiger partial charge in [-0.1, -0.05) is 23.7 Å². The second-order valence-electron chi connectivity index (χ2n) is 4.89. The van der Waals surface area contributed by atoms with Crippen LogP contribution in [0.2, 0.25) is 5.02 Å². The Morgan fingerprint density at radius 3 is 2.48 bits per heavy atom. The van der Waals surface area contributed by atoms with Crippen LogP contribution in [0.1, 0.15) is 15.9 Å². The number of amides is 2. The molecule has 5 nitrogen and oxygen atoms in total. The Morgan fingerprint density at radius 2 is 1.84 bits per heavy atom. The molecular weight excluding hydrogens is 361 g/mol. The van der Waals surface area contributed by atoms with Crippen LogP contribution < -0.4 is 15.8 Å². The van der Waals surface area contributed by atoms with Crippen LogP contribution in [0.4, 0.5) is 18.9 Å². The lowest BCUT2D eigenvalue weighted by Gasteiger charge is -2.13. The first-order valence-electron chi connectivity index (χ1n) is 6.86. The molecule has 0 aliphatic heterocycles. The van der Waals surface area contributed by atoms with Crippen LogP contribution in [-0.4, -0.2) is 18.4 Å². The van der Waals surface area contributed by atoms with Gasteiger partial charge in [0, 0.05) is 5.69 Å². The summed E-state index contributed by atoms with van der Waals surface area (Å²) < 4.78 is 43.5.